The zero-order chi connectivity index (χ0) is 13.3. The molecule has 0 bridgehead atoms. The van der Waals surface area contributed by atoms with Crippen molar-refractivity contribution in [3.8, 4) is 11.4 Å². The highest BCUT2D eigenvalue weighted by Gasteiger charge is 2.19. The van der Waals surface area contributed by atoms with Crippen LogP contribution in [-0.4, -0.2) is 19.1 Å². The number of anilines is 1. The summed E-state index contributed by atoms with van der Waals surface area (Å²) in [6, 6.07) is 0.320. The Hall–Kier alpha value is -1.78. The van der Waals surface area contributed by atoms with Gasteiger partial charge in [-0.05, 0) is 20.3 Å². The maximum atomic E-state index is 6.25. The van der Waals surface area contributed by atoms with Crippen LogP contribution in [0.1, 0.15) is 39.1 Å². The Morgan fingerprint density at radius 2 is 2.11 bits per heavy atom. The Kier molecular flexibility index (Phi) is 3.41. The van der Waals surface area contributed by atoms with Gasteiger partial charge in [0.05, 0.1) is 18.2 Å². The van der Waals surface area contributed by atoms with E-state index in [4.69, 9.17) is 10.7 Å². The molecule has 2 N–H and O–H groups in total. The van der Waals surface area contributed by atoms with Gasteiger partial charge >= 0.3 is 0 Å². The molecule has 0 radical (unpaired) electrons. The molecular formula is C13H21N5. The van der Waals surface area contributed by atoms with E-state index < -0.39 is 0 Å². The van der Waals surface area contributed by atoms with Gasteiger partial charge in [0.2, 0.25) is 0 Å². The second-order valence-electron chi connectivity index (χ2n) is 4.87. The van der Waals surface area contributed by atoms with Crippen LogP contribution in [0.25, 0.3) is 11.4 Å². The number of imidazole rings is 2. The van der Waals surface area contributed by atoms with E-state index in [0.717, 1.165) is 35.9 Å². The van der Waals surface area contributed by atoms with Crippen LogP contribution in [0.2, 0.25) is 0 Å². The number of hydrogen-bond donors (Lipinski definition) is 1. The quantitative estimate of drug-likeness (QED) is 0.902. The number of hydrogen-bond acceptors (Lipinski definition) is 3. The summed E-state index contributed by atoms with van der Waals surface area (Å²) in [6.45, 7) is 6.41. The molecule has 0 aliphatic heterocycles. The third kappa shape index (κ3) is 2.00. The monoisotopic (exact) mass is 247 g/mol. The summed E-state index contributed by atoms with van der Waals surface area (Å²) < 4.78 is 4.06. The molecule has 2 rings (SSSR count). The number of aryl methyl sites for hydroxylation is 2. The molecule has 0 aliphatic carbocycles. The zero-order valence-corrected chi connectivity index (χ0v) is 11.5. The van der Waals surface area contributed by atoms with Crippen molar-refractivity contribution in [3.05, 3.63) is 18.3 Å². The standard InChI is InChI=1S/C13H21N5/c1-5-6-11-16-12(10-7-15-8-17(10)4)13(14)18(11)9(2)3/h7-9H,5-6,14H2,1-4H3. The summed E-state index contributed by atoms with van der Waals surface area (Å²) in [6.07, 6.45) is 5.58. The second-order valence-corrected chi connectivity index (χ2v) is 4.87. The lowest BCUT2D eigenvalue weighted by Crippen LogP contribution is -2.09. The summed E-state index contributed by atoms with van der Waals surface area (Å²) in [5.74, 6) is 1.79. The van der Waals surface area contributed by atoms with Crippen molar-refractivity contribution in [1.29, 1.82) is 0 Å². The molecular weight excluding hydrogens is 226 g/mol. The van der Waals surface area contributed by atoms with Crippen LogP contribution in [0.5, 0.6) is 0 Å². The van der Waals surface area contributed by atoms with Crippen molar-refractivity contribution in [2.24, 2.45) is 7.05 Å². The minimum Gasteiger partial charge on any atom is -0.383 e. The average molecular weight is 247 g/mol. The lowest BCUT2D eigenvalue weighted by molar-refractivity contribution is 0.571. The summed E-state index contributed by atoms with van der Waals surface area (Å²) in [5.41, 5.74) is 8.06. The van der Waals surface area contributed by atoms with Gasteiger partial charge in [-0.2, -0.15) is 0 Å². The molecule has 98 valence electrons. The van der Waals surface area contributed by atoms with E-state index in [1.807, 2.05) is 11.6 Å². The van der Waals surface area contributed by atoms with Crippen molar-refractivity contribution in [2.45, 2.75) is 39.7 Å². The van der Waals surface area contributed by atoms with E-state index in [1.54, 1.807) is 12.5 Å². The summed E-state index contributed by atoms with van der Waals surface area (Å²) >= 11 is 0. The van der Waals surface area contributed by atoms with E-state index in [1.165, 1.54) is 0 Å². The summed E-state index contributed by atoms with van der Waals surface area (Å²) in [7, 11) is 1.95. The molecule has 0 atom stereocenters. The molecule has 2 aromatic heterocycles. The van der Waals surface area contributed by atoms with Crippen LogP contribution in [0.3, 0.4) is 0 Å². The van der Waals surface area contributed by atoms with E-state index in [9.17, 15) is 0 Å². The molecule has 0 aromatic carbocycles. The number of nitrogens with two attached hydrogens (primary N) is 1. The Labute approximate surface area is 108 Å². The van der Waals surface area contributed by atoms with Gasteiger partial charge in [0.25, 0.3) is 0 Å². The van der Waals surface area contributed by atoms with Gasteiger partial charge < -0.3 is 14.9 Å². The van der Waals surface area contributed by atoms with Crippen molar-refractivity contribution in [2.75, 3.05) is 5.73 Å². The van der Waals surface area contributed by atoms with Crippen LogP contribution in [0.4, 0.5) is 5.82 Å². The molecule has 2 aromatic rings. The molecule has 0 fully saturated rings. The van der Waals surface area contributed by atoms with Gasteiger partial charge in [0, 0.05) is 19.5 Å². The smallest absolute Gasteiger partial charge is 0.133 e. The van der Waals surface area contributed by atoms with E-state index >= 15 is 0 Å². The topological polar surface area (TPSA) is 61.7 Å². The first-order valence-electron chi connectivity index (χ1n) is 6.39. The number of nitrogen functional groups attached to an aromatic ring is 1. The fraction of sp³-hybridized carbons (Fsp3) is 0.538. The maximum absolute atomic E-state index is 6.25. The Morgan fingerprint density at radius 3 is 2.61 bits per heavy atom. The zero-order valence-electron chi connectivity index (χ0n) is 11.5. The molecule has 0 unspecified atom stereocenters. The lowest BCUT2D eigenvalue weighted by Gasteiger charge is -2.13. The molecule has 18 heavy (non-hydrogen) atoms. The highest BCUT2D eigenvalue weighted by molar-refractivity contribution is 5.68. The molecule has 0 spiro atoms. The van der Waals surface area contributed by atoms with E-state index in [-0.39, 0.29) is 0 Å². The molecule has 2 heterocycles. The Morgan fingerprint density at radius 1 is 1.39 bits per heavy atom. The fourth-order valence-corrected chi connectivity index (χ4v) is 2.24. The highest BCUT2D eigenvalue weighted by atomic mass is 15.2. The van der Waals surface area contributed by atoms with Gasteiger partial charge in [-0.15, -0.1) is 0 Å². The molecule has 0 saturated heterocycles. The van der Waals surface area contributed by atoms with Crippen LogP contribution in [0, 0.1) is 0 Å². The summed E-state index contributed by atoms with van der Waals surface area (Å²) in [5, 5.41) is 0. The predicted molar refractivity (Wildman–Crippen MR) is 73.2 cm³/mol. The average Bonchev–Trinajstić information content (AvgIpc) is 2.83. The van der Waals surface area contributed by atoms with Crippen LogP contribution in [-0.2, 0) is 13.5 Å². The normalized spacial score (nSPS) is 11.4. The minimum absolute atomic E-state index is 0.320. The number of rotatable bonds is 4. The van der Waals surface area contributed by atoms with Gasteiger partial charge in [0.15, 0.2) is 0 Å². The fourth-order valence-electron chi connectivity index (χ4n) is 2.24. The third-order valence-electron chi connectivity index (χ3n) is 3.07. The van der Waals surface area contributed by atoms with Gasteiger partial charge in [-0.3, -0.25) is 0 Å². The van der Waals surface area contributed by atoms with Gasteiger partial charge in [-0.1, -0.05) is 6.92 Å². The minimum atomic E-state index is 0.320. The first-order chi connectivity index (χ1) is 8.56. The van der Waals surface area contributed by atoms with E-state index in [2.05, 4.69) is 30.3 Å². The van der Waals surface area contributed by atoms with Crippen molar-refractivity contribution in [1.82, 2.24) is 19.1 Å². The first-order valence-corrected chi connectivity index (χ1v) is 6.39. The van der Waals surface area contributed by atoms with Crippen molar-refractivity contribution < 1.29 is 0 Å². The molecule has 0 saturated carbocycles. The van der Waals surface area contributed by atoms with Crippen LogP contribution < -0.4 is 5.73 Å². The largest absolute Gasteiger partial charge is 0.383 e. The van der Waals surface area contributed by atoms with Crippen LogP contribution in [0.15, 0.2) is 12.5 Å². The molecule has 0 aliphatic rings. The predicted octanol–water partition coefficient (Wildman–Crippen LogP) is 2.40. The highest BCUT2D eigenvalue weighted by Crippen LogP contribution is 2.29. The number of aromatic nitrogens is 4. The van der Waals surface area contributed by atoms with E-state index in [0.29, 0.717) is 6.04 Å². The van der Waals surface area contributed by atoms with Gasteiger partial charge in [-0.25, -0.2) is 9.97 Å². The van der Waals surface area contributed by atoms with Crippen molar-refractivity contribution in [3.63, 3.8) is 0 Å². The Bertz CT molecular complexity index is 536. The Balaban J connectivity index is 2.56. The van der Waals surface area contributed by atoms with Crippen molar-refractivity contribution >= 4 is 5.82 Å². The van der Waals surface area contributed by atoms with Crippen LogP contribution >= 0.6 is 0 Å². The molecule has 5 heteroatoms. The lowest BCUT2D eigenvalue weighted by atomic mass is 10.3. The number of nitrogens with zero attached hydrogens (tertiary/aromatic N) is 4. The summed E-state index contributed by atoms with van der Waals surface area (Å²) in [4.78, 5) is 8.83. The second kappa shape index (κ2) is 4.84. The van der Waals surface area contributed by atoms with Gasteiger partial charge in [0.1, 0.15) is 17.3 Å². The SMILES string of the molecule is CCCc1nc(-c2cncn2C)c(N)n1C(C)C. The maximum Gasteiger partial charge on any atom is 0.133 e. The molecule has 0 amide bonds. The molecule has 5 nitrogen and oxygen atoms in total. The third-order valence-corrected chi connectivity index (χ3v) is 3.07. The first kappa shape index (κ1) is 12.7.